The fourth-order valence-electron chi connectivity index (χ4n) is 2.77. The van der Waals surface area contributed by atoms with Crippen molar-refractivity contribution in [1.29, 1.82) is 0 Å². The van der Waals surface area contributed by atoms with Gasteiger partial charge in [0.05, 0.1) is 0 Å². The maximum Gasteiger partial charge on any atom is 0.137 e. The van der Waals surface area contributed by atoms with Crippen LogP contribution in [0.2, 0.25) is 0 Å². The molecule has 0 radical (unpaired) electrons. The number of hydrogen-bond acceptors (Lipinski definition) is 2. The van der Waals surface area contributed by atoms with E-state index in [0.717, 1.165) is 23.3 Å². The first kappa shape index (κ1) is 11.9. The van der Waals surface area contributed by atoms with Crippen molar-refractivity contribution in [2.45, 2.75) is 36.0 Å². The fourth-order valence-corrected chi connectivity index (χ4v) is 3.54. The van der Waals surface area contributed by atoms with Gasteiger partial charge in [-0.2, -0.15) is 0 Å². The molecule has 1 fully saturated rings. The van der Waals surface area contributed by atoms with E-state index in [2.05, 4.69) is 0 Å². The number of hydrogen-bond donors (Lipinski definition) is 1. The van der Waals surface area contributed by atoms with E-state index in [4.69, 9.17) is 5.73 Å². The van der Waals surface area contributed by atoms with E-state index in [9.17, 15) is 4.39 Å². The van der Waals surface area contributed by atoms with Crippen LogP contribution in [0, 0.1) is 5.82 Å². The molecule has 3 heteroatoms. The first-order valence-corrected chi connectivity index (χ1v) is 6.99. The lowest BCUT2D eigenvalue weighted by atomic mass is 9.79. The molecule has 1 aromatic rings. The fraction of sp³-hybridized carbons (Fsp3) is 0.538. The van der Waals surface area contributed by atoms with E-state index in [-0.39, 0.29) is 11.2 Å². The van der Waals surface area contributed by atoms with Crippen molar-refractivity contribution in [2.24, 2.45) is 5.73 Å². The first-order chi connectivity index (χ1) is 7.73. The molecule has 2 rings (SSSR count). The van der Waals surface area contributed by atoms with Crippen molar-refractivity contribution >= 4 is 11.8 Å². The zero-order valence-corrected chi connectivity index (χ0v) is 10.4. The van der Waals surface area contributed by atoms with Gasteiger partial charge in [0.2, 0.25) is 0 Å². The van der Waals surface area contributed by atoms with Gasteiger partial charge in [0.1, 0.15) is 5.82 Å². The van der Waals surface area contributed by atoms with E-state index in [1.54, 1.807) is 6.07 Å². The average Bonchev–Trinajstić information content (AvgIpc) is 2.78. The first-order valence-electron chi connectivity index (χ1n) is 5.76. The van der Waals surface area contributed by atoms with Gasteiger partial charge in [0, 0.05) is 16.9 Å². The summed E-state index contributed by atoms with van der Waals surface area (Å²) in [4.78, 5) is 0.787. The van der Waals surface area contributed by atoms with Crippen molar-refractivity contribution in [3.8, 4) is 0 Å². The second-order valence-electron chi connectivity index (χ2n) is 4.51. The molecule has 0 spiro atoms. The van der Waals surface area contributed by atoms with Crippen LogP contribution in [0.25, 0.3) is 0 Å². The largest absolute Gasteiger partial charge is 0.330 e. The van der Waals surface area contributed by atoms with Gasteiger partial charge in [-0.3, -0.25) is 0 Å². The summed E-state index contributed by atoms with van der Waals surface area (Å²) in [5, 5.41) is 0. The molecule has 0 unspecified atom stereocenters. The summed E-state index contributed by atoms with van der Waals surface area (Å²) in [6.07, 6.45) is 6.55. The summed E-state index contributed by atoms with van der Waals surface area (Å²) in [6.45, 7) is 0.629. The van der Waals surface area contributed by atoms with Crippen LogP contribution in [0.1, 0.15) is 31.2 Å². The third-order valence-corrected chi connectivity index (χ3v) is 4.52. The average molecular weight is 239 g/mol. The van der Waals surface area contributed by atoms with Gasteiger partial charge in [0.15, 0.2) is 0 Å². The SMILES string of the molecule is CSc1c(F)cccc1C1(CN)CCCC1. The van der Waals surface area contributed by atoms with Gasteiger partial charge in [-0.05, 0) is 30.7 Å². The van der Waals surface area contributed by atoms with E-state index in [1.807, 2.05) is 12.3 Å². The Morgan fingerprint density at radius 1 is 1.38 bits per heavy atom. The number of halogens is 1. The van der Waals surface area contributed by atoms with Crippen molar-refractivity contribution in [3.05, 3.63) is 29.6 Å². The minimum Gasteiger partial charge on any atom is -0.330 e. The zero-order chi connectivity index (χ0) is 11.6. The predicted octanol–water partition coefficient (Wildman–Crippen LogP) is 3.32. The lowest BCUT2D eigenvalue weighted by Crippen LogP contribution is -2.32. The predicted molar refractivity (Wildman–Crippen MR) is 67.4 cm³/mol. The molecule has 16 heavy (non-hydrogen) atoms. The van der Waals surface area contributed by atoms with Crippen LogP contribution in [0.15, 0.2) is 23.1 Å². The molecule has 0 aromatic heterocycles. The normalized spacial score (nSPS) is 18.9. The van der Waals surface area contributed by atoms with Crippen LogP contribution < -0.4 is 5.73 Å². The maximum atomic E-state index is 13.7. The van der Waals surface area contributed by atoms with Gasteiger partial charge < -0.3 is 5.73 Å². The molecule has 0 heterocycles. The van der Waals surface area contributed by atoms with E-state index < -0.39 is 0 Å². The van der Waals surface area contributed by atoms with Gasteiger partial charge in [-0.1, -0.05) is 25.0 Å². The summed E-state index contributed by atoms with van der Waals surface area (Å²) in [5.74, 6) is -0.107. The molecule has 2 N–H and O–H groups in total. The summed E-state index contributed by atoms with van der Waals surface area (Å²) in [5.41, 5.74) is 7.10. The monoisotopic (exact) mass is 239 g/mol. The molecule has 1 aromatic carbocycles. The van der Waals surface area contributed by atoms with Crippen LogP contribution in [0.4, 0.5) is 4.39 Å². The molecular formula is C13H18FNS. The number of benzene rings is 1. The third kappa shape index (κ3) is 1.87. The lowest BCUT2D eigenvalue weighted by molar-refractivity contribution is 0.438. The number of rotatable bonds is 3. The Kier molecular flexibility index (Phi) is 3.55. The lowest BCUT2D eigenvalue weighted by Gasteiger charge is -2.29. The third-order valence-electron chi connectivity index (χ3n) is 3.69. The Morgan fingerprint density at radius 3 is 2.62 bits per heavy atom. The summed E-state index contributed by atoms with van der Waals surface area (Å²) < 4.78 is 13.7. The summed E-state index contributed by atoms with van der Waals surface area (Å²) >= 11 is 1.49. The Bertz CT molecular complexity index is 372. The molecule has 1 nitrogen and oxygen atoms in total. The highest BCUT2D eigenvalue weighted by atomic mass is 32.2. The standard InChI is InChI=1S/C13H18FNS/c1-16-12-10(5-4-6-11(12)14)13(9-15)7-2-3-8-13/h4-6H,2-3,7-9,15H2,1H3. The van der Waals surface area contributed by atoms with Crippen molar-refractivity contribution in [2.75, 3.05) is 12.8 Å². The Morgan fingerprint density at radius 2 is 2.06 bits per heavy atom. The van der Waals surface area contributed by atoms with Gasteiger partial charge in [-0.15, -0.1) is 11.8 Å². The molecule has 0 atom stereocenters. The smallest absolute Gasteiger partial charge is 0.137 e. The minimum atomic E-state index is -0.107. The quantitative estimate of drug-likeness (QED) is 0.819. The van der Waals surface area contributed by atoms with Crippen LogP contribution in [-0.4, -0.2) is 12.8 Å². The zero-order valence-electron chi connectivity index (χ0n) is 9.63. The molecule has 0 saturated heterocycles. The van der Waals surface area contributed by atoms with E-state index in [0.29, 0.717) is 6.54 Å². The molecule has 0 amide bonds. The van der Waals surface area contributed by atoms with E-state index in [1.165, 1.54) is 30.7 Å². The van der Waals surface area contributed by atoms with E-state index >= 15 is 0 Å². The Hall–Kier alpha value is -0.540. The molecule has 88 valence electrons. The Labute approximate surface area is 101 Å². The Balaban J connectivity index is 2.49. The highest BCUT2D eigenvalue weighted by Crippen LogP contribution is 2.44. The van der Waals surface area contributed by atoms with Crippen LogP contribution in [0.3, 0.4) is 0 Å². The second kappa shape index (κ2) is 4.76. The highest BCUT2D eigenvalue weighted by Gasteiger charge is 2.36. The second-order valence-corrected chi connectivity index (χ2v) is 5.33. The van der Waals surface area contributed by atoms with Crippen LogP contribution in [-0.2, 0) is 5.41 Å². The van der Waals surface area contributed by atoms with Crippen molar-refractivity contribution in [3.63, 3.8) is 0 Å². The summed E-state index contributed by atoms with van der Waals surface area (Å²) in [7, 11) is 0. The maximum absolute atomic E-state index is 13.7. The molecule has 0 bridgehead atoms. The van der Waals surface area contributed by atoms with Gasteiger partial charge >= 0.3 is 0 Å². The topological polar surface area (TPSA) is 26.0 Å². The number of nitrogens with two attached hydrogens (primary N) is 1. The number of thioether (sulfide) groups is 1. The van der Waals surface area contributed by atoms with Crippen molar-refractivity contribution < 1.29 is 4.39 Å². The molecular weight excluding hydrogens is 221 g/mol. The minimum absolute atomic E-state index is 0.0282. The van der Waals surface area contributed by atoms with Crippen molar-refractivity contribution in [1.82, 2.24) is 0 Å². The summed E-state index contributed by atoms with van der Waals surface area (Å²) in [6, 6.07) is 5.39. The van der Waals surface area contributed by atoms with Crippen LogP contribution >= 0.6 is 11.8 Å². The van der Waals surface area contributed by atoms with Gasteiger partial charge in [-0.25, -0.2) is 4.39 Å². The molecule has 1 saturated carbocycles. The van der Waals surface area contributed by atoms with Gasteiger partial charge in [0.25, 0.3) is 0 Å². The molecule has 1 aliphatic carbocycles. The highest BCUT2D eigenvalue weighted by molar-refractivity contribution is 7.98. The molecule has 1 aliphatic rings. The molecule has 0 aliphatic heterocycles. The van der Waals surface area contributed by atoms with Crippen LogP contribution in [0.5, 0.6) is 0 Å².